The number of halogens is 2. The van der Waals surface area contributed by atoms with Crippen LogP contribution in [0.25, 0.3) is 0 Å². The van der Waals surface area contributed by atoms with Crippen LogP contribution in [0.4, 0.5) is 0 Å². The van der Waals surface area contributed by atoms with Gasteiger partial charge in [-0.1, -0.05) is 47.5 Å². The molecule has 2 aromatic carbocycles. The largest absolute Gasteiger partial charge is 0.326 e. The van der Waals surface area contributed by atoms with Crippen molar-refractivity contribution in [3.8, 4) is 0 Å². The number of ketones is 1. The molecule has 0 aliphatic carbocycles. The predicted octanol–water partition coefficient (Wildman–Crippen LogP) is 3.14. The molecule has 0 unspecified atom stereocenters. The summed E-state index contributed by atoms with van der Waals surface area (Å²) in [6, 6.07) is 10.2. The van der Waals surface area contributed by atoms with Gasteiger partial charge in [0, 0.05) is 34.3 Å². The molecule has 0 saturated carbocycles. The Kier molecular flexibility index (Phi) is 4.78. The second-order valence-electron chi connectivity index (χ2n) is 4.35. The highest BCUT2D eigenvalue weighted by Crippen LogP contribution is 2.22. The first-order valence-corrected chi connectivity index (χ1v) is 6.84. The summed E-state index contributed by atoms with van der Waals surface area (Å²) < 4.78 is 0. The van der Waals surface area contributed by atoms with E-state index in [1.165, 1.54) is 0 Å². The molecular formula is C15H14Cl2N2O. The van der Waals surface area contributed by atoms with Crippen LogP contribution in [-0.2, 0) is 13.1 Å². The van der Waals surface area contributed by atoms with Crippen LogP contribution in [0.3, 0.4) is 0 Å². The van der Waals surface area contributed by atoms with Gasteiger partial charge in [-0.3, -0.25) is 4.79 Å². The van der Waals surface area contributed by atoms with Crippen LogP contribution in [0.15, 0.2) is 36.4 Å². The van der Waals surface area contributed by atoms with Gasteiger partial charge in [-0.25, -0.2) is 0 Å². The highest BCUT2D eigenvalue weighted by atomic mass is 35.5. The van der Waals surface area contributed by atoms with Crippen molar-refractivity contribution < 1.29 is 4.79 Å². The maximum Gasteiger partial charge on any atom is 0.193 e. The molecule has 2 rings (SSSR count). The lowest BCUT2D eigenvalue weighted by Gasteiger charge is -2.07. The zero-order chi connectivity index (χ0) is 14.7. The number of hydrogen-bond acceptors (Lipinski definition) is 3. The fourth-order valence-corrected chi connectivity index (χ4v) is 2.39. The molecule has 0 spiro atoms. The van der Waals surface area contributed by atoms with Gasteiger partial charge in [-0.2, -0.15) is 0 Å². The van der Waals surface area contributed by atoms with Crippen LogP contribution < -0.4 is 11.5 Å². The zero-order valence-electron chi connectivity index (χ0n) is 10.7. The van der Waals surface area contributed by atoms with E-state index < -0.39 is 0 Å². The summed E-state index contributed by atoms with van der Waals surface area (Å²) in [6.07, 6.45) is 0. The van der Waals surface area contributed by atoms with Crippen molar-refractivity contribution in [2.45, 2.75) is 13.1 Å². The molecule has 0 heterocycles. The van der Waals surface area contributed by atoms with Gasteiger partial charge in [0.15, 0.2) is 5.78 Å². The second kappa shape index (κ2) is 6.37. The van der Waals surface area contributed by atoms with Gasteiger partial charge in [-0.15, -0.1) is 0 Å². The quantitative estimate of drug-likeness (QED) is 0.853. The van der Waals surface area contributed by atoms with Crippen molar-refractivity contribution in [1.82, 2.24) is 0 Å². The molecule has 4 N–H and O–H groups in total. The predicted molar refractivity (Wildman–Crippen MR) is 82.1 cm³/mol. The highest BCUT2D eigenvalue weighted by Gasteiger charge is 2.12. The van der Waals surface area contributed by atoms with Crippen LogP contribution in [0.5, 0.6) is 0 Å². The standard InChI is InChI=1S/C15H14Cl2N2O/c16-13-5-9(1-3-11(13)7-18)15(20)10-2-4-12(8-19)14(17)6-10/h1-6H,7-8,18-19H2. The van der Waals surface area contributed by atoms with Gasteiger partial charge < -0.3 is 11.5 Å². The van der Waals surface area contributed by atoms with Gasteiger partial charge in [0.1, 0.15) is 0 Å². The summed E-state index contributed by atoms with van der Waals surface area (Å²) in [5.74, 6) is -0.138. The number of carbonyl (C=O) groups excluding carboxylic acids is 1. The van der Waals surface area contributed by atoms with Crippen molar-refractivity contribution >= 4 is 29.0 Å². The second-order valence-corrected chi connectivity index (χ2v) is 5.16. The number of hydrogen-bond donors (Lipinski definition) is 2. The summed E-state index contributed by atoms with van der Waals surface area (Å²) in [5.41, 5.74) is 13.7. The van der Waals surface area contributed by atoms with E-state index >= 15 is 0 Å². The molecule has 0 aliphatic rings. The van der Waals surface area contributed by atoms with Crippen LogP contribution in [0, 0.1) is 0 Å². The maximum atomic E-state index is 12.4. The first kappa shape index (κ1) is 15.0. The van der Waals surface area contributed by atoms with Crippen molar-refractivity contribution in [3.63, 3.8) is 0 Å². The molecule has 0 bridgehead atoms. The van der Waals surface area contributed by atoms with Crippen LogP contribution in [0.2, 0.25) is 10.0 Å². The monoisotopic (exact) mass is 308 g/mol. The topological polar surface area (TPSA) is 69.1 Å². The summed E-state index contributed by atoms with van der Waals surface area (Å²) in [7, 11) is 0. The SMILES string of the molecule is NCc1ccc(C(=O)c2ccc(CN)c(Cl)c2)cc1Cl. The van der Waals surface area contributed by atoms with Gasteiger partial charge in [0.05, 0.1) is 0 Å². The van der Waals surface area contributed by atoms with E-state index in [2.05, 4.69) is 0 Å². The molecule has 0 amide bonds. The summed E-state index contributed by atoms with van der Waals surface area (Å²) in [5, 5.41) is 0.978. The summed E-state index contributed by atoms with van der Waals surface area (Å²) in [6.45, 7) is 0.675. The van der Waals surface area contributed by atoms with Crippen molar-refractivity contribution in [2.24, 2.45) is 11.5 Å². The van der Waals surface area contributed by atoms with E-state index in [-0.39, 0.29) is 5.78 Å². The minimum absolute atomic E-state index is 0.138. The molecule has 0 fully saturated rings. The number of nitrogens with two attached hydrogens (primary N) is 2. The first-order valence-electron chi connectivity index (χ1n) is 6.08. The molecule has 20 heavy (non-hydrogen) atoms. The summed E-state index contributed by atoms with van der Waals surface area (Å²) in [4.78, 5) is 12.4. The molecule has 0 aromatic heterocycles. The lowest BCUT2D eigenvalue weighted by molar-refractivity contribution is 0.103. The molecule has 0 radical (unpaired) electrons. The molecule has 0 aliphatic heterocycles. The molecule has 2 aromatic rings. The molecular weight excluding hydrogens is 295 g/mol. The Morgan fingerprint density at radius 1 is 0.850 bits per heavy atom. The van der Waals surface area contributed by atoms with E-state index in [4.69, 9.17) is 34.7 Å². The van der Waals surface area contributed by atoms with Crippen molar-refractivity contribution in [1.29, 1.82) is 0 Å². The van der Waals surface area contributed by atoms with Crippen molar-refractivity contribution in [3.05, 3.63) is 68.7 Å². The van der Waals surface area contributed by atoms with Crippen LogP contribution in [0.1, 0.15) is 27.0 Å². The third kappa shape index (κ3) is 3.02. The smallest absolute Gasteiger partial charge is 0.193 e. The average Bonchev–Trinajstić information content (AvgIpc) is 2.46. The molecule has 0 saturated heterocycles. The Morgan fingerprint density at radius 2 is 1.25 bits per heavy atom. The lowest BCUT2D eigenvalue weighted by atomic mass is 10.0. The molecule has 0 atom stereocenters. The van der Waals surface area contributed by atoms with E-state index in [9.17, 15) is 4.79 Å². The number of rotatable bonds is 4. The Balaban J connectivity index is 2.36. The Bertz CT molecular complexity index is 601. The fraction of sp³-hybridized carbons (Fsp3) is 0.133. The fourth-order valence-electron chi connectivity index (χ4n) is 1.87. The third-order valence-corrected chi connectivity index (χ3v) is 3.77. The molecule has 5 heteroatoms. The average molecular weight is 309 g/mol. The van der Waals surface area contributed by atoms with Crippen molar-refractivity contribution in [2.75, 3.05) is 0 Å². The minimum Gasteiger partial charge on any atom is -0.326 e. The number of benzene rings is 2. The molecule has 3 nitrogen and oxygen atoms in total. The zero-order valence-corrected chi connectivity index (χ0v) is 12.2. The Labute approximate surface area is 127 Å². The van der Waals surface area contributed by atoms with E-state index in [1.54, 1.807) is 36.4 Å². The van der Waals surface area contributed by atoms with Crippen LogP contribution in [-0.4, -0.2) is 5.78 Å². The highest BCUT2D eigenvalue weighted by molar-refractivity contribution is 6.32. The maximum absolute atomic E-state index is 12.4. The Morgan fingerprint density at radius 3 is 1.55 bits per heavy atom. The van der Waals surface area contributed by atoms with Crippen LogP contribution >= 0.6 is 23.2 Å². The summed E-state index contributed by atoms with van der Waals surface area (Å²) >= 11 is 12.1. The third-order valence-electron chi connectivity index (χ3n) is 3.07. The lowest BCUT2D eigenvalue weighted by Crippen LogP contribution is -2.05. The normalized spacial score (nSPS) is 10.6. The van der Waals surface area contributed by atoms with E-state index in [0.29, 0.717) is 34.3 Å². The van der Waals surface area contributed by atoms with E-state index in [1.807, 2.05) is 0 Å². The molecule has 104 valence electrons. The minimum atomic E-state index is -0.138. The Hall–Kier alpha value is -1.39. The van der Waals surface area contributed by atoms with Gasteiger partial charge in [0.2, 0.25) is 0 Å². The van der Waals surface area contributed by atoms with Gasteiger partial charge >= 0.3 is 0 Å². The van der Waals surface area contributed by atoms with Gasteiger partial charge in [-0.05, 0) is 23.3 Å². The van der Waals surface area contributed by atoms with E-state index in [0.717, 1.165) is 11.1 Å². The number of carbonyl (C=O) groups is 1. The first-order chi connectivity index (χ1) is 9.56. The van der Waals surface area contributed by atoms with Gasteiger partial charge in [0.25, 0.3) is 0 Å².